The van der Waals surface area contributed by atoms with E-state index in [2.05, 4.69) is 42.9 Å². The average molecular weight is 523 g/mol. The van der Waals surface area contributed by atoms with Gasteiger partial charge in [0, 0.05) is 30.6 Å². The van der Waals surface area contributed by atoms with Crippen LogP contribution in [0, 0.1) is 5.92 Å². The van der Waals surface area contributed by atoms with Crippen molar-refractivity contribution in [1.82, 2.24) is 0 Å². The molecule has 1 aliphatic carbocycles. The Balaban J connectivity index is 0. The molecule has 0 radical (unpaired) electrons. The summed E-state index contributed by atoms with van der Waals surface area (Å²) in [4.78, 5) is 23.8. The zero-order valence-corrected chi connectivity index (χ0v) is 25.1. The van der Waals surface area contributed by atoms with Crippen molar-refractivity contribution < 1.29 is 19.1 Å². The number of unbranched alkanes of at least 4 members (excludes halogenated alkanes) is 6. The quantitative estimate of drug-likeness (QED) is 0.0873. The fourth-order valence-corrected chi connectivity index (χ4v) is 4.78. The van der Waals surface area contributed by atoms with Gasteiger partial charge < -0.3 is 9.47 Å². The number of carbonyl (C=O) groups is 2. The van der Waals surface area contributed by atoms with Gasteiger partial charge in [-0.05, 0) is 51.2 Å². The van der Waals surface area contributed by atoms with Gasteiger partial charge in [-0.15, -0.1) is 11.8 Å². The van der Waals surface area contributed by atoms with Gasteiger partial charge in [0.25, 0.3) is 0 Å². The number of hydrogen-bond acceptors (Lipinski definition) is 5. The Morgan fingerprint density at radius 2 is 1.72 bits per heavy atom. The second-order valence-corrected chi connectivity index (χ2v) is 9.54. The first-order valence-electron chi connectivity index (χ1n) is 14.1. The van der Waals surface area contributed by atoms with Gasteiger partial charge in [-0.1, -0.05) is 89.8 Å². The largest absolute Gasteiger partial charge is 0.469 e. The molecule has 1 unspecified atom stereocenters. The standard InChI is InChI=1S/C22H36O4S.C7H12.C2H6/c1-4-5-6-7-8-10-13-19-15-16-20(26-18(2)23)22(19)27-17-12-9-11-14-21(24)25-3;1-3-5-7-6-4-2;1-2/h10,13,19H,4-9,11-12,14-17H2,1-3H3;3,5-7H,4H2,1-2H3;1-2H3/b13-10+;5-3-,7-6-;. The maximum atomic E-state index is 11.4. The number of allylic oxidation sites excluding steroid dienone is 8. The van der Waals surface area contributed by atoms with E-state index in [1.54, 1.807) is 0 Å². The highest BCUT2D eigenvalue weighted by atomic mass is 32.2. The van der Waals surface area contributed by atoms with Crippen molar-refractivity contribution in [1.29, 1.82) is 0 Å². The van der Waals surface area contributed by atoms with Crippen LogP contribution in [0.3, 0.4) is 0 Å². The highest BCUT2D eigenvalue weighted by Crippen LogP contribution is 2.41. The van der Waals surface area contributed by atoms with E-state index in [1.807, 2.05) is 44.7 Å². The Hall–Kier alpha value is -1.75. The Bertz CT molecular complexity index is 661. The molecule has 0 aromatic heterocycles. The van der Waals surface area contributed by atoms with Crippen LogP contribution in [0.15, 0.2) is 47.1 Å². The van der Waals surface area contributed by atoms with Crippen LogP contribution in [-0.2, 0) is 19.1 Å². The Kier molecular flexibility index (Phi) is 28.1. The molecule has 1 aliphatic rings. The average Bonchev–Trinajstić information content (AvgIpc) is 3.25. The number of ether oxygens (including phenoxy) is 2. The number of thioether (sulfide) groups is 1. The summed E-state index contributed by atoms with van der Waals surface area (Å²) in [6.45, 7) is 11.8. The Labute approximate surface area is 227 Å². The lowest BCUT2D eigenvalue weighted by atomic mass is 10.1. The molecule has 5 heteroatoms. The molecule has 0 saturated heterocycles. The van der Waals surface area contributed by atoms with E-state index in [-0.39, 0.29) is 11.9 Å². The minimum absolute atomic E-state index is 0.137. The lowest BCUT2D eigenvalue weighted by molar-refractivity contribution is -0.140. The maximum Gasteiger partial charge on any atom is 0.307 e. The Morgan fingerprint density at radius 1 is 1.00 bits per heavy atom. The lowest BCUT2D eigenvalue weighted by Crippen LogP contribution is -2.00. The van der Waals surface area contributed by atoms with Crippen molar-refractivity contribution in [3.63, 3.8) is 0 Å². The molecule has 0 spiro atoms. The summed E-state index contributed by atoms with van der Waals surface area (Å²) in [7, 11) is 1.43. The van der Waals surface area contributed by atoms with Gasteiger partial charge in [-0.3, -0.25) is 9.59 Å². The summed E-state index contributed by atoms with van der Waals surface area (Å²) >= 11 is 1.81. The van der Waals surface area contributed by atoms with E-state index in [4.69, 9.17) is 4.74 Å². The van der Waals surface area contributed by atoms with E-state index in [0.717, 1.165) is 56.5 Å². The molecule has 1 rings (SSSR count). The molecule has 0 fully saturated rings. The number of carbonyl (C=O) groups excluding carboxylic acids is 2. The fraction of sp³-hybridized carbons (Fsp3) is 0.677. The number of hydrogen-bond donors (Lipinski definition) is 0. The van der Waals surface area contributed by atoms with E-state index in [9.17, 15) is 9.59 Å². The molecule has 0 aromatic carbocycles. The third-order valence-electron chi connectivity index (χ3n) is 5.34. The van der Waals surface area contributed by atoms with Gasteiger partial charge in [0.05, 0.1) is 7.11 Å². The van der Waals surface area contributed by atoms with Gasteiger partial charge in [-0.2, -0.15) is 0 Å². The minimum atomic E-state index is -0.231. The van der Waals surface area contributed by atoms with Crippen LogP contribution in [0.5, 0.6) is 0 Å². The van der Waals surface area contributed by atoms with Gasteiger partial charge in [0.2, 0.25) is 0 Å². The topological polar surface area (TPSA) is 52.6 Å². The van der Waals surface area contributed by atoms with Gasteiger partial charge in [-0.25, -0.2) is 0 Å². The molecular weight excluding hydrogens is 468 g/mol. The third-order valence-corrected chi connectivity index (χ3v) is 6.67. The molecule has 0 aliphatic heterocycles. The highest BCUT2D eigenvalue weighted by Gasteiger charge is 2.26. The lowest BCUT2D eigenvalue weighted by Gasteiger charge is -2.12. The highest BCUT2D eigenvalue weighted by molar-refractivity contribution is 8.03. The Morgan fingerprint density at radius 3 is 2.33 bits per heavy atom. The smallest absolute Gasteiger partial charge is 0.307 e. The summed E-state index contributed by atoms with van der Waals surface area (Å²) in [6, 6.07) is 0. The molecule has 0 amide bonds. The van der Waals surface area contributed by atoms with Crippen LogP contribution >= 0.6 is 11.8 Å². The number of esters is 2. The summed E-state index contributed by atoms with van der Waals surface area (Å²) in [5.74, 6) is 1.86. The predicted molar refractivity (Wildman–Crippen MR) is 158 cm³/mol. The van der Waals surface area contributed by atoms with E-state index in [1.165, 1.54) is 44.6 Å². The van der Waals surface area contributed by atoms with E-state index < -0.39 is 0 Å². The molecular formula is C31H54O4S. The summed E-state index contributed by atoms with van der Waals surface area (Å²) in [5, 5.41) is 0. The van der Waals surface area contributed by atoms with Crippen LogP contribution in [-0.4, -0.2) is 24.8 Å². The van der Waals surface area contributed by atoms with Crippen molar-refractivity contribution in [2.45, 2.75) is 119 Å². The van der Waals surface area contributed by atoms with Crippen LogP contribution in [0.4, 0.5) is 0 Å². The molecule has 0 heterocycles. The van der Waals surface area contributed by atoms with Crippen molar-refractivity contribution in [3.05, 3.63) is 47.1 Å². The summed E-state index contributed by atoms with van der Waals surface area (Å²) in [6.07, 6.45) is 25.5. The molecule has 1 atom stereocenters. The maximum absolute atomic E-state index is 11.4. The zero-order chi connectivity index (χ0) is 27.4. The monoisotopic (exact) mass is 522 g/mol. The van der Waals surface area contributed by atoms with Crippen LogP contribution in [0.1, 0.15) is 119 Å². The third kappa shape index (κ3) is 21.5. The van der Waals surface area contributed by atoms with Gasteiger partial charge >= 0.3 is 11.9 Å². The zero-order valence-electron chi connectivity index (χ0n) is 24.3. The van der Waals surface area contributed by atoms with E-state index in [0.29, 0.717) is 12.3 Å². The van der Waals surface area contributed by atoms with Gasteiger partial charge in [0.15, 0.2) is 0 Å². The summed E-state index contributed by atoms with van der Waals surface area (Å²) in [5.41, 5.74) is 0. The van der Waals surface area contributed by atoms with E-state index >= 15 is 0 Å². The van der Waals surface area contributed by atoms with Crippen molar-refractivity contribution in [2.75, 3.05) is 12.9 Å². The first-order chi connectivity index (χ1) is 17.5. The number of methoxy groups -OCH3 is 1. The molecule has 208 valence electrons. The van der Waals surface area contributed by atoms with Crippen molar-refractivity contribution in [3.8, 4) is 0 Å². The van der Waals surface area contributed by atoms with Crippen LogP contribution < -0.4 is 0 Å². The minimum Gasteiger partial charge on any atom is -0.469 e. The second kappa shape index (κ2) is 27.8. The molecule has 0 aromatic rings. The fourth-order valence-electron chi connectivity index (χ4n) is 3.50. The van der Waals surface area contributed by atoms with Gasteiger partial charge in [0.1, 0.15) is 5.76 Å². The SMILES string of the molecule is C/C=C\C=C/CC.CC.CCCCCC/C=C/C1CCC(OC(C)=O)=C1SCCCCCC(=O)OC. The van der Waals surface area contributed by atoms with Crippen LogP contribution in [0.25, 0.3) is 0 Å². The first-order valence-corrected chi connectivity index (χ1v) is 15.0. The molecule has 4 nitrogen and oxygen atoms in total. The molecule has 0 saturated carbocycles. The molecule has 36 heavy (non-hydrogen) atoms. The molecule has 0 N–H and O–H groups in total. The summed E-state index contributed by atoms with van der Waals surface area (Å²) < 4.78 is 10.1. The van der Waals surface area contributed by atoms with Crippen LogP contribution in [0.2, 0.25) is 0 Å². The normalized spacial score (nSPS) is 15.1. The van der Waals surface area contributed by atoms with Crippen molar-refractivity contribution >= 4 is 23.7 Å². The van der Waals surface area contributed by atoms with Crippen molar-refractivity contribution in [2.24, 2.45) is 5.92 Å². The molecule has 0 bridgehead atoms. The predicted octanol–water partition coefficient (Wildman–Crippen LogP) is 9.72. The number of rotatable bonds is 16. The first kappa shape index (κ1) is 36.4. The second-order valence-electron chi connectivity index (χ2n) is 8.40.